The number of halogens is 3. The summed E-state index contributed by atoms with van der Waals surface area (Å²) >= 11 is 0. The van der Waals surface area contributed by atoms with Crippen molar-refractivity contribution >= 4 is 28.9 Å². The van der Waals surface area contributed by atoms with Crippen molar-refractivity contribution in [2.45, 2.75) is 31.2 Å². The zero-order valence-electron chi connectivity index (χ0n) is 18.3. The fourth-order valence-electron chi connectivity index (χ4n) is 3.71. The maximum absolute atomic E-state index is 12.6. The largest absolute Gasteiger partial charge is 0.470 e. The Morgan fingerprint density at radius 2 is 2.09 bits per heavy atom. The number of hydrogen-bond acceptors (Lipinski definition) is 8. The second kappa shape index (κ2) is 8.63. The van der Waals surface area contributed by atoms with Gasteiger partial charge >= 0.3 is 6.18 Å². The van der Waals surface area contributed by atoms with E-state index in [0.29, 0.717) is 28.5 Å². The summed E-state index contributed by atoms with van der Waals surface area (Å²) in [6.07, 6.45) is 0.317. The molecule has 0 bridgehead atoms. The van der Waals surface area contributed by atoms with Gasteiger partial charge in [-0.05, 0) is 25.0 Å². The van der Waals surface area contributed by atoms with Gasteiger partial charge in [0.05, 0.1) is 12.7 Å². The van der Waals surface area contributed by atoms with E-state index in [2.05, 4.69) is 31.0 Å². The summed E-state index contributed by atoms with van der Waals surface area (Å²) < 4.78 is 45.0. The lowest BCUT2D eigenvalue weighted by Crippen LogP contribution is -2.56. The Hall–Kier alpha value is -3.61. The minimum atomic E-state index is -4.24. The van der Waals surface area contributed by atoms with Crippen LogP contribution in [-0.4, -0.2) is 75.4 Å². The smallest absolute Gasteiger partial charge is 0.401 e. The molecule has 1 amide bonds. The maximum Gasteiger partial charge on any atom is 0.401 e. The SMILES string of the molecule is CNc1cc(Nc2cccnc2OC2CN(CC(F)(F)F)C2)nc2c(C(=O)NC3CC3)cnn12. The van der Waals surface area contributed by atoms with Crippen LogP contribution in [0.2, 0.25) is 0 Å². The number of nitrogens with one attached hydrogen (secondary N) is 3. The Bertz CT molecular complexity index is 1200. The fourth-order valence-corrected chi connectivity index (χ4v) is 3.71. The molecule has 3 aromatic rings. The van der Waals surface area contributed by atoms with E-state index >= 15 is 0 Å². The van der Waals surface area contributed by atoms with Gasteiger partial charge in [-0.2, -0.15) is 22.8 Å². The number of carbonyl (C=O) groups excluding carboxylic acids is 1. The highest BCUT2D eigenvalue weighted by molar-refractivity contribution is 6.00. The van der Waals surface area contributed by atoms with Gasteiger partial charge in [-0.15, -0.1) is 0 Å². The van der Waals surface area contributed by atoms with Gasteiger partial charge in [0, 0.05) is 38.4 Å². The van der Waals surface area contributed by atoms with E-state index in [0.717, 1.165) is 12.8 Å². The number of nitrogens with zero attached hydrogens (tertiary/aromatic N) is 5. The first-order chi connectivity index (χ1) is 16.3. The second-order valence-corrected chi connectivity index (χ2v) is 8.35. The predicted molar refractivity (Wildman–Crippen MR) is 117 cm³/mol. The van der Waals surface area contributed by atoms with Crippen LogP contribution < -0.4 is 20.7 Å². The van der Waals surface area contributed by atoms with E-state index in [1.165, 1.54) is 15.6 Å². The molecule has 0 unspecified atom stereocenters. The van der Waals surface area contributed by atoms with Gasteiger partial charge in [0.25, 0.3) is 5.91 Å². The number of carbonyl (C=O) groups is 1. The Kier molecular flexibility index (Phi) is 5.63. The molecule has 0 radical (unpaired) electrons. The average molecular weight is 476 g/mol. The molecule has 4 heterocycles. The van der Waals surface area contributed by atoms with Crippen molar-refractivity contribution in [3.8, 4) is 5.88 Å². The topological polar surface area (TPSA) is 109 Å². The molecule has 0 aromatic carbocycles. The number of pyridine rings is 1. The molecule has 5 rings (SSSR count). The molecule has 10 nitrogen and oxygen atoms in total. The standard InChI is InChI=1S/C21H23F3N8O2/c1-25-17-7-16(30-18-14(8-27-32(17)18)19(33)28-12-4-5-12)29-15-3-2-6-26-20(15)34-13-9-31(10-13)11-21(22,23)24/h2-3,6-8,12-13,25H,4-5,9-11H2,1H3,(H,28,33)(H,29,30). The van der Waals surface area contributed by atoms with Crippen LogP contribution in [0.15, 0.2) is 30.6 Å². The first-order valence-corrected chi connectivity index (χ1v) is 10.8. The predicted octanol–water partition coefficient (Wildman–Crippen LogP) is 2.43. The molecular formula is C21H23F3N8O2. The van der Waals surface area contributed by atoms with Crippen molar-refractivity contribution in [2.75, 3.05) is 37.3 Å². The summed E-state index contributed by atoms with van der Waals surface area (Å²) in [6.45, 7) is -0.628. The molecule has 1 aliphatic carbocycles. The molecule has 0 atom stereocenters. The lowest BCUT2D eigenvalue weighted by atomic mass is 10.1. The average Bonchev–Trinajstić information content (AvgIpc) is 3.47. The quantitative estimate of drug-likeness (QED) is 0.455. The third-order valence-corrected chi connectivity index (χ3v) is 5.52. The summed E-state index contributed by atoms with van der Waals surface area (Å²) in [5.74, 6) is 1.05. The molecular weight excluding hydrogens is 453 g/mol. The van der Waals surface area contributed by atoms with Crippen LogP contribution in [0.3, 0.4) is 0 Å². The van der Waals surface area contributed by atoms with Crippen LogP contribution in [0, 0.1) is 0 Å². The van der Waals surface area contributed by atoms with Gasteiger partial charge < -0.3 is 20.7 Å². The monoisotopic (exact) mass is 476 g/mol. The molecule has 13 heteroatoms. The van der Waals surface area contributed by atoms with Gasteiger partial charge in [-0.1, -0.05) is 0 Å². The Balaban J connectivity index is 1.35. The number of fused-ring (bicyclic) bond motifs is 1. The van der Waals surface area contributed by atoms with Crippen LogP contribution in [0.25, 0.3) is 5.65 Å². The zero-order valence-corrected chi connectivity index (χ0v) is 18.3. The second-order valence-electron chi connectivity index (χ2n) is 8.35. The minimum absolute atomic E-state index is 0.166. The van der Waals surface area contributed by atoms with E-state index in [9.17, 15) is 18.0 Å². The van der Waals surface area contributed by atoms with Crippen molar-refractivity contribution in [1.29, 1.82) is 0 Å². The molecule has 1 aliphatic heterocycles. The maximum atomic E-state index is 12.6. The van der Waals surface area contributed by atoms with Crippen LogP contribution in [-0.2, 0) is 0 Å². The van der Waals surface area contributed by atoms with E-state index < -0.39 is 18.8 Å². The van der Waals surface area contributed by atoms with E-state index in [-0.39, 0.29) is 30.9 Å². The molecule has 180 valence electrons. The number of hydrogen-bond donors (Lipinski definition) is 3. The summed E-state index contributed by atoms with van der Waals surface area (Å²) in [4.78, 5) is 22.7. The highest BCUT2D eigenvalue weighted by Gasteiger charge is 2.38. The first-order valence-electron chi connectivity index (χ1n) is 10.8. The van der Waals surface area contributed by atoms with Crippen LogP contribution >= 0.6 is 0 Å². The molecule has 2 fully saturated rings. The number of amides is 1. The number of likely N-dealkylation sites (tertiary alicyclic amines) is 1. The number of anilines is 3. The Morgan fingerprint density at radius 1 is 1.29 bits per heavy atom. The summed E-state index contributed by atoms with van der Waals surface area (Å²) in [5.41, 5.74) is 1.23. The normalized spacial score (nSPS) is 16.8. The third kappa shape index (κ3) is 4.83. The molecule has 1 saturated heterocycles. The third-order valence-electron chi connectivity index (χ3n) is 5.52. The van der Waals surface area contributed by atoms with Crippen molar-refractivity contribution in [1.82, 2.24) is 29.8 Å². The molecule has 0 spiro atoms. The van der Waals surface area contributed by atoms with Crippen LogP contribution in [0.4, 0.5) is 30.5 Å². The van der Waals surface area contributed by atoms with Gasteiger partial charge in [0.2, 0.25) is 5.88 Å². The first kappa shape index (κ1) is 22.2. The van der Waals surface area contributed by atoms with Crippen molar-refractivity contribution in [2.24, 2.45) is 0 Å². The molecule has 3 aromatic heterocycles. The fraction of sp³-hybridized carbons (Fsp3) is 0.429. The van der Waals surface area contributed by atoms with Crippen molar-refractivity contribution in [3.63, 3.8) is 0 Å². The van der Waals surface area contributed by atoms with Crippen LogP contribution in [0.5, 0.6) is 5.88 Å². The lowest BCUT2D eigenvalue weighted by molar-refractivity contribution is -0.162. The van der Waals surface area contributed by atoms with Crippen molar-refractivity contribution < 1.29 is 22.7 Å². The van der Waals surface area contributed by atoms with Gasteiger partial charge in [-0.3, -0.25) is 9.69 Å². The summed E-state index contributed by atoms with van der Waals surface area (Å²) in [5, 5.41) is 13.4. The molecule has 1 saturated carbocycles. The van der Waals surface area contributed by atoms with Gasteiger partial charge in [0.15, 0.2) is 5.65 Å². The number of aromatic nitrogens is 4. The van der Waals surface area contributed by atoms with E-state index in [4.69, 9.17) is 4.74 Å². The van der Waals surface area contributed by atoms with Crippen LogP contribution in [0.1, 0.15) is 23.2 Å². The van der Waals surface area contributed by atoms with Gasteiger partial charge in [-0.25, -0.2) is 9.97 Å². The summed E-state index contributed by atoms with van der Waals surface area (Å²) in [6, 6.07) is 5.35. The summed E-state index contributed by atoms with van der Waals surface area (Å²) in [7, 11) is 1.73. The lowest BCUT2D eigenvalue weighted by Gasteiger charge is -2.39. The number of alkyl halides is 3. The minimum Gasteiger partial charge on any atom is -0.470 e. The number of rotatable bonds is 8. The van der Waals surface area contributed by atoms with E-state index in [1.807, 2.05) is 0 Å². The zero-order chi connectivity index (χ0) is 23.9. The highest BCUT2D eigenvalue weighted by atomic mass is 19.4. The number of ether oxygens (including phenoxy) is 1. The molecule has 34 heavy (non-hydrogen) atoms. The Morgan fingerprint density at radius 3 is 2.79 bits per heavy atom. The Labute approximate surface area is 192 Å². The van der Waals surface area contributed by atoms with Crippen molar-refractivity contribution in [3.05, 3.63) is 36.2 Å². The van der Waals surface area contributed by atoms with E-state index in [1.54, 1.807) is 31.4 Å². The molecule has 3 N–H and O–H groups in total. The molecule has 2 aliphatic rings. The van der Waals surface area contributed by atoms with Gasteiger partial charge in [0.1, 0.15) is 29.0 Å². The highest BCUT2D eigenvalue weighted by Crippen LogP contribution is 2.30.